The number of aromatic nitrogens is 1. The molecule has 2 unspecified atom stereocenters. The number of nitrogens with one attached hydrogen (secondary N) is 1. The van der Waals surface area contributed by atoms with Crippen LogP contribution in [0.1, 0.15) is 44.0 Å². The second-order valence-electron chi connectivity index (χ2n) is 9.68. The molecule has 1 saturated heterocycles. The molecule has 0 bridgehead atoms. The summed E-state index contributed by atoms with van der Waals surface area (Å²) in [5.74, 6) is 5.35. The van der Waals surface area contributed by atoms with Gasteiger partial charge in [-0.15, -0.1) is 0 Å². The summed E-state index contributed by atoms with van der Waals surface area (Å²) in [6.07, 6.45) is 4.47. The summed E-state index contributed by atoms with van der Waals surface area (Å²) in [5, 5.41) is 12.6. The maximum absolute atomic E-state index is 13.2. The number of likely N-dealkylation sites (tertiary alicyclic amines) is 1. The highest BCUT2D eigenvalue weighted by Gasteiger charge is 2.25. The Bertz CT molecular complexity index is 1720. The Morgan fingerprint density at radius 3 is 2.62 bits per heavy atom. The Balaban J connectivity index is 1.33. The molecule has 0 radical (unpaired) electrons. The van der Waals surface area contributed by atoms with Gasteiger partial charge in [0, 0.05) is 52.8 Å². The van der Waals surface area contributed by atoms with Crippen LogP contribution >= 0.6 is 0 Å². The van der Waals surface area contributed by atoms with Crippen LogP contribution in [0.3, 0.4) is 0 Å². The van der Waals surface area contributed by atoms with Crippen molar-refractivity contribution in [1.82, 2.24) is 9.88 Å². The van der Waals surface area contributed by atoms with Crippen LogP contribution in [0.5, 0.6) is 0 Å². The monoisotopic (exact) mass is 580 g/mol. The molecule has 3 amide bonds. The van der Waals surface area contributed by atoms with E-state index in [0.29, 0.717) is 36.3 Å². The first-order valence-corrected chi connectivity index (χ1v) is 14.6. The predicted octanol–water partition coefficient (Wildman–Crippen LogP) is 4.23. The second-order valence-corrected chi connectivity index (χ2v) is 11.4. The first-order chi connectivity index (χ1) is 20.4. The van der Waals surface area contributed by atoms with Crippen molar-refractivity contribution < 1.29 is 23.9 Å². The molecule has 2 atom stereocenters. The molecule has 9 nitrogen and oxygen atoms in total. The van der Waals surface area contributed by atoms with Crippen LogP contribution in [0.25, 0.3) is 0 Å². The van der Waals surface area contributed by atoms with Gasteiger partial charge in [-0.1, -0.05) is 46.8 Å². The van der Waals surface area contributed by atoms with E-state index < -0.39 is 22.7 Å². The molecule has 1 aliphatic rings. The van der Waals surface area contributed by atoms with Crippen molar-refractivity contribution in [2.75, 3.05) is 24.2 Å². The molecule has 2 N–H and O–H groups in total. The molecule has 0 spiro atoms. The molecule has 42 heavy (non-hydrogen) atoms. The van der Waals surface area contributed by atoms with Gasteiger partial charge in [0.15, 0.2) is 5.76 Å². The van der Waals surface area contributed by atoms with E-state index in [4.69, 9.17) is 4.42 Å². The predicted molar refractivity (Wildman–Crippen MR) is 159 cm³/mol. The summed E-state index contributed by atoms with van der Waals surface area (Å²) in [6.45, 7) is 2.58. The third-order valence-electron chi connectivity index (χ3n) is 6.51. The van der Waals surface area contributed by atoms with Gasteiger partial charge >= 0.3 is 0 Å². The van der Waals surface area contributed by atoms with E-state index in [9.17, 15) is 19.5 Å². The lowest BCUT2D eigenvalue weighted by atomic mass is 10.1. The summed E-state index contributed by atoms with van der Waals surface area (Å²) in [5.41, 5.74) is 2.73. The van der Waals surface area contributed by atoms with Gasteiger partial charge in [-0.25, -0.2) is 0 Å². The number of aliphatic hydroxyl groups excluding tert-OH is 1. The number of carbonyl (C=O) groups is 3. The Hall–Kier alpha value is -4.85. The Kier molecular flexibility index (Phi) is 9.02. The number of furan rings is 1. The van der Waals surface area contributed by atoms with Crippen molar-refractivity contribution in [1.29, 1.82) is 0 Å². The molecule has 1 aliphatic heterocycles. The van der Waals surface area contributed by atoms with Crippen LogP contribution < -0.4 is 5.32 Å². The lowest BCUT2D eigenvalue weighted by Crippen LogP contribution is -2.33. The topological polar surface area (TPSA) is 125 Å². The molecule has 10 heteroatoms. The fourth-order valence-corrected chi connectivity index (χ4v) is 5.84. The van der Waals surface area contributed by atoms with Gasteiger partial charge in [0.25, 0.3) is 11.8 Å². The number of rotatable bonds is 6. The number of amides is 3. The van der Waals surface area contributed by atoms with Crippen LogP contribution in [-0.2, 0) is 15.5 Å². The first-order valence-electron chi connectivity index (χ1n) is 13.3. The smallest absolute Gasteiger partial charge is 0.291 e. The minimum atomic E-state index is -1.02. The van der Waals surface area contributed by atoms with E-state index in [0.717, 1.165) is 10.5 Å². The third kappa shape index (κ3) is 7.26. The van der Waals surface area contributed by atoms with E-state index in [-0.39, 0.29) is 28.9 Å². The molecule has 3 heterocycles. The molecule has 2 aromatic carbocycles. The van der Waals surface area contributed by atoms with Crippen LogP contribution in [-0.4, -0.2) is 57.7 Å². The maximum atomic E-state index is 13.2. The molecule has 212 valence electrons. The normalized spacial score (nSPS) is 15.1. The van der Waals surface area contributed by atoms with E-state index in [1.54, 1.807) is 54.4 Å². The SMILES string of the molecule is Cc1ccoc1C(=O)Nc1cccc(C#Cc2cncc(C(=O)N=S(CC(=O)N3CCC(O)C3)c3ccccc3)c2)c1. The molecular formula is C32H28N4O5S. The Labute approximate surface area is 245 Å². The molecule has 4 aromatic rings. The van der Waals surface area contributed by atoms with Gasteiger partial charge in [-0.05, 0) is 55.8 Å². The average molecular weight is 581 g/mol. The van der Waals surface area contributed by atoms with Gasteiger partial charge in [0.05, 0.1) is 23.7 Å². The average Bonchev–Trinajstić information content (AvgIpc) is 3.64. The molecule has 1 fully saturated rings. The minimum absolute atomic E-state index is 0.0434. The lowest BCUT2D eigenvalue weighted by Gasteiger charge is -2.17. The molecule has 2 aromatic heterocycles. The highest BCUT2D eigenvalue weighted by atomic mass is 32.2. The van der Waals surface area contributed by atoms with Crippen LogP contribution in [0.4, 0.5) is 5.69 Å². The van der Waals surface area contributed by atoms with Gasteiger partial charge < -0.3 is 19.7 Å². The fraction of sp³-hybridized carbons (Fsp3) is 0.188. The molecule has 0 saturated carbocycles. The number of aliphatic hydroxyl groups is 1. The van der Waals surface area contributed by atoms with Gasteiger partial charge in [-0.2, -0.15) is 4.36 Å². The second kappa shape index (κ2) is 13.2. The van der Waals surface area contributed by atoms with Gasteiger partial charge in [0.2, 0.25) is 5.91 Å². The van der Waals surface area contributed by atoms with Crippen molar-refractivity contribution in [3.8, 4) is 11.8 Å². The highest BCUT2D eigenvalue weighted by Crippen LogP contribution is 2.17. The van der Waals surface area contributed by atoms with E-state index in [1.807, 2.05) is 30.3 Å². The molecular weight excluding hydrogens is 552 g/mol. The lowest BCUT2D eigenvalue weighted by molar-refractivity contribution is -0.127. The number of aryl methyl sites for hydroxylation is 1. The van der Waals surface area contributed by atoms with Crippen molar-refractivity contribution in [3.05, 3.63) is 113 Å². The Morgan fingerprint density at radius 2 is 1.88 bits per heavy atom. The number of carbonyl (C=O) groups excluding carboxylic acids is 3. The van der Waals surface area contributed by atoms with E-state index in [1.165, 1.54) is 12.5 Å². The summed E-state index contributed by atoms with van der Waals surface area (Å²) in [7, 11) is -1.02. The fourth-order valence-electron chi connectivity index (χ4n) is 4.31. The molecule has 5 rings (SSSR count). The quantitative estimate of drug-likeness (QED) is 0.329. The zero-order valence-electron chi connectivity index (χ0n) is 22.8. The van der Waals surface area contributed by atoms with E-state index >= 15 is 0 Å². The van der Waals surface area contributed by atoms with Crippen molar-refractivity contribution in [2.45, 2.75) is 24.3 Å². The summed E-state index contributed by atoms with van der Waals surface area (Å²) < 4.78 is 9.67. The van der Waals surface area contributed by atoms with E-state index in [2.05, 4.69) is 26.5 Å². The number of hydrogen-bond donors (Lipinski definition) is 2. The van der Waals surface area contributed by atoms with Crippen molar-refractivity contribution in [2.24, 2.45) is 4.36 Å². The number of β-amino-alcohol motifs (C(OH)–C–C–N with tert-alkyl or cyclic N) is 1. The van der Waals surface area contributed by atoms with Gasteiger partial charge in [-0.3, -0.25) is 19.4 Å². The summed E-state index contributed by atoms with van der Waals surface area (Å²) in [6, 6.07) is 19.7. The Morgan fingerprint density at radius 1 is 1.07 bits per heavy atom. The minimum Gasteiger partial charge on any atom is -0.459 e. The third-order valence-corrected chi connectivity index (χ3v) is 8.23. The standard InChI is InChI=1S/C32H28N4O5S/c1-22-13-15-41-30(22)32(40)34-26-7-5-6-23(17-26)10-11-24-16-25(19-33-18-24)31(39)35-42(28-8-3-2-4-9-28)21-29(38)36-14-12-27(37)20-36/h2-9,13,15-19,27,37H,12,14,20-21H2,1H3,(H,34,40). The maximum Gasteiger partial charge on any atom is 0.291 e. The van der Waals surface area contributed by atoms with Crippen molar-refractivity contribution >= 4 is 34.1 Å². The van der Waals surface area contributed by atoms with Crippen molar-refractivity contribution in [3.63, 3.8) is 0 Å². The van der Waals surface area contributed by atoms with Crippen LogP contribution in [0, 0.1) is 18.8 Å². The number of pyridine rings is 1. The number of hydrogen-bond acceptors (Lipinski definition) is 6. The summed E-state index contributed by atoms with van der Waals surface area (Å²) in [4.78, 5) is 45.2. The first kappa shape index (κ1) is 28.7. The largest absolute Gasteiger partial charge is 0.459 e. The highest BCUT2D eigenvalue weighted by molar-refractivity contribution is 7.88. The van der Waals surface area contributed by atoms with Crippen LogP contribution in [0.15, 0.2) is 99.1 Å². The zero-order valence-corrected chi connectivity index (χ0v) is 23.6. The number of anilines is 1. The zero-order chi connectivity index (χ0) is 29.5. The van der Waals surface area contributed by atoms with Crippen LogP contribution in [0.2, 0.25) is 0 Å². The summed E-state index contributed by atoms with van der Waals surface area (Å²) >= 11 is 0. The van der Waals surface area contributed by atoms with Gasteiger partial charge in [0.1, 0.15) is 0 Å². The number of benzene rings is 2. The number of nitrogens with zero attached hydrogens (tertiary/aromatic N) is 3. The molecule has 0 aliphatic carbocycles.